The van der Waals surface area contributed by atoms with Crippen molar-refractivity contribution in [3.8, 4) is 0 Å². The van der Waals surface area contributed by atoms with Crippen LogP contribution in [0.5, 0.6) is 0 Å². The van der Waals surface area contributed by atoms with Gasteiger partial charge in [-0.2, -0.15) is 0 Å². The summed E-state index contributed by atoms with van der Waals surface area (Å²) in [7, 11) is 0. The molecule has 2 saturated heterocycles. The number of carbonyl (C=O) groups excluding carboxylic acids is 1. The third kappa shape index (κ3) is 4.96. The van der Waals surface area contributed by atoms with Crippen molar-refractivity contribution >= 4 is 5.91 Å². The molecule has 0 aromatic heterocycles. The average Bonchev–Trinajstić information content (AvgIpc) is 2.49. The highest BCUT2D eigenvalue weighted by Gasteiger charge is 2.25. The van der Waals surface area contributed by atoms with Crippen molar-refractivity contribution in [2.75, 3.05) is 45.8 Å². The summed E-state index contributed by atoms with van der Waals surface area (Å²) in [6.45, 7) is 14.7. The lowest BCUT2D eigenvalue weighted by molar-refractivity contribution is -0.132. The standard InChI is InChI=1S/C17H33N3O/c1-4-5-17(21)20-8-6-16(7-9-20)14-18-10-12-19(13-11-18)15(2)3/h15-16H,4-14H2,1-3H3. The van der Waals surface area contributed by atoms with E-state index < -0.39 is 0 Å². The summed E-state index contributed by atoms with van der Waals surface area (Å²) in [6.07, 6.45) is 4.08. The number of likely N-dealkylation sites (tertiary alicyclic amines) is 1. The van der Waals surface area contributed by atoms with Crippen molar-refractivity contribution in [1.82, 2.24) is 14.7 Å². The molecule has 0 spiro atoms. The van der Waals surface area contributed by atoms with Gasteiger partial charge >= 0.3 is 0 Å². The van der Waals surface area contributed by atoms with E-state index in [-0.39, 0.29) is 0 Å². The van der Waals surface area contributed by atoms with E-state index in [2.05, 4.69) is 35.5 Å². The second-order valence-corrected chi connectivity index (χ2v) is 7.00. The van der Waals surface area contributed by atoms with Gasteiger partial charge in [0.1, 0.15) is 0 Å². The SMILES string of the molecule is CCCC(=O)N1CCC(CN2CCN(C(C)C)CC2)CC1. The Morgan fingerprint density at radius 3 is 2.19 bits per heavy atom. The minimum atomic E-state index is 0.362. The van der Waals surface area contributed by atoms with Crippen LogP contribution in [0, 0.1) is 5.92 Å². The van der Waals surface area contributed by atoms with Crippen LogP contribution in [0.2, 0.25) is 0 Å². The third-order valence-corrected chi connectivity index (χ3v) is 5.08. The molecule has 0 atom stereocenters. The molecule has 2 fully saturated rings. The van der Waals surface area contributed by atoms with Gasteiger partial charge in [-0.3, -0.25) is 9.69 Å². The Labute approximate surface area is 130 Å². The van der Waals surface area contributed by atoms with E-state index in [1.165, 1.54) is 45.6 Å². The first kappa shape index (κ1) is 16.8. The number of hydrogen-bond acceptors (Lipinski definition) is 3. The van der Waals surface area contributed by atoms with E-state index in [0.29, 0.717) is 11.9 Å². The number of carbonyl (C=O) groups is 1. The Morgan fingerprint density at radius 2 is 1.67 bits per heavy atom. The molecule has 2 heterocycles. The number of rotatable bonds is 5. The highest BCUT2D eigenvalue weighted by molar-refractivity contribution is 5.76. The van der Waals surface area contributed by atoms with Gasteiger partial charge in [0.2, 0.25) is 5.91 Å². The number of amides is 1. The molecule has 4 nitrogen and oxygen atoms in total. The lowest BCUT2D eigenvalue weighted by Crippen LogP contribution is -2.50. The Hall–Kier alpha value is -0.610. The van der Waals surface area contributed by atoms with Crippen LogP contribution >= 0.6 is 0 Å². The van der Waals surface area contributed by atoms with Gasteiger partial charge in [0.15, 0.2) is 0 Å². The quantitative estimate of drug-likeness (QED) is 0.777. The van der Waals surface area contributed by atoms with Crippen molar-refractivity contribution in [2.24, 2.45) is 5.92 Å². The van der Waals surface area contributed by atoms with Crippen LogP contribution in [0.15, 0.2) is 0 Å². The maximum atomic E-state index is 11.9. The summed E-state index contributed by atoms with van der Waals surface area (Å²) in [5, 5.41) is 0. The van der Waals surface area contributed by atoms with Gasteiger partial charge in [-0.1, -0.05) is 6.92 Å². The van der Waals surface area contributed by atoms with Crippen molar-refractivity contribution in [3.63, 3.8) is 0 Å². The molecule has 2 rings (SSSR count). The molecule has 0 unspecified atom stereocenters. The van der Waals surface area contributed by atoms with Crippen LogP contribution in [0.1, 0.15) is 46.5 Å². The van der Waals surface area contributed by atoms with E-state index in [1.807, 2.05) is 0 Å². The molecule has 0 saturated carbocycles. The van der Waals surface area contributed by atoms with E-state index in [4.69, 9.17) is 0 Å². The maximum Gasteiger partial charge on any atom is 0.222 e. The summed E-state index contributed by atoms with van der Waals surface area (Å²) in [5.41, 5.74) is 0. The van der Waals surface area contributed by atoms with E-state index in [0.717, 1.165) is 31.8 Å². The third-order valence-electron chi connectivity index (χ3n) is 5.08. The Bertz CT molecular complexity index is 316. The first-order valence-corrected chi connectivity index (χ1v) is 8.84. The maximum absolute atomic E-state index is 11.9. The summed E-state index contributed by atoms with van der Waals surface area (Å²) < 4.78 is 0. The molecular weight excluding hydrogens is 262 g/mol. The predicted octanol–water partition coefficient (Wildman–Crippen LogP) is 2.05. The first-order chi connectivity index (χ1) is 10.1. The van der Waals surface area contributed by atoms with Gasteiger partial charge in [-0.15, -0.1) is 0 Å². The lowest BCUT2D eigenvalue weighted by atomic mass is 9.95. The smallest absolute Gasteiger partial charge is 0.222 e. The number of hydrogen-bond donors (Lipinski definition) is 0. The summed E-state index contributed by atoms with van der Waals surface area (Å²) >= 11 is 0. The summed E-state index contributed by atoms with van der Waals surface area (Å²) in [5.74, 6) is 1.16. The van der Waals surface area contributed by atoms with Gasteiger partial charge in [0, 0.05) is 58.3 Å². The Kier molecular flexibility index (Phi) is 6.49. The topological polar surface area (TPSA) is 26.8 Å². The molecule has 1 amide bonds. The normalized spacial score (nSPS) is 23.0. The minimum Gasteiger partial charge on any atom is -0.343 e. The van der Waals surface area contributed by atoms with E-state index >= 15 is 0 Å². The molecule has 0 bridgehead atoms. The molecule has 0 aromatic rings. The van der Waals surface area contributed by atoms with Crippen molar-refractivity contribution in [3.05, 3.63) is 0 Å². The van der Waals surface area contributed by atoms with E-state index in [9.17, 15) is 4.79 Å². The summed E-state index contributed by atoms with van der Waals surface area (Å²) in [4.78, 5) is 19.2. The monoisotopic (exact) mass is 295 g/mol. The number of piperazine rings is 1. The number of piperidine rings is 1. The highest BCUT2D eigenvalue weighted by atomic mass is 16.2. The van der Waals surface area contributed by atoms with Crippen LogP contribution in [0.3, 0.4) is 0 Å². The lowest BCUT2D eigenvalue weighted by Gasteiger charge is -2.40. The molecular formula is C17H33N3O. The van der Waals surface area contributed by atoms with Crippen molar-refractivity contribution in [1.29, 1.82) is 0 Å². The minimum absolute atomic E-state index is 0.362. The fourth-order valence-electron chi connectivity index (χ4n) is 3.56. The average molecular weight is 295 g/mol. The van der Waals surface area contributed by atoms with Gasteiger partial charge in [-0.05, 0) is 39.0 Å². The zero-order valence-electron chi connectivity index (χ0n) is 14.2. The van der Waals surface area contributed by atoms with Gasteiger partial charge < -0.3 is 9.80 Å². The van der Waals surface area contributed by atoms with Crippen LogP contribution in [-0.4, -0.2) is 72.5 Å². The van der Waals surface area contributed by atoms with Crippen molar-refractivity contribution in [2.45, 2.75) is 52.5 Å². The molecule has 4 heteroatoms. The zero-order valence-corrected chi connectivity index (χ0v) is 14.2. The predicted molar refractivity (Wildman–Crippen MR) is 87.4 cm³/mol. The van der Waals surface area contributed by atoms with Crippen LogP contribution < -0.4 is 0 Å². The fraction of sp³-hybridized carbons (Fsp3) is 0.941. The van der Waals surface area contributed by atoms with Crippen LogP contribution in [-0.2, 0) is 4.79 Å². The highest BCUT2D eigenvalue weighted by Crippen LogP contribution is 2.20. The zero-order chi connectivity index (χ0) is 15.2. The van der Waals surface area contributed by atoms with Crippen LogP contribution in [0.25, 0.3) is 0 Å². The Morgan fingerprint density at radius 1 is 1.05 bits per heavy atom. The molecule has 2 aliphatic heterocycles. The largest absolute Gasteiger partial charge is 0.343 e. The molecule has 2 aliphatic rings. The molecule has 0 radical (unpaired) electrons. The second-order valence-electron chi connectivity index (χ2n) is 7.00. The van der Waals surface area contributed by atoms with Gasteiger partial charge in [0.05, 0.1) is 0 Å². The van der Waals surface area contributed by atoms with Gasteiger partial charge in [0.25, 0.3) is 0 Å². The molecule has 122 valence electrons. The Balaban J connectivity index is 1.66. The fourth-order valence-corrected chi connectivity index (χ4v) is 3.56. The summed E-state index contributed by atoms with van der Waals surface area (Å²) in [6, 6.07) is 0.681. The molecule has 21 heavy (non-hydrogen) atoms. The first-order valence-electron chi connectivity index (χ1n) is 8.84. The second kappa shape index (κ2) is 8.14. The number of nitrogens with zero attached hydrogens (tertiary/aromatic N) is 3. The van der Waals surface area contributed by atoms with Crippen molar-refractivity contribution < 1.29 is 4.79 Å². The van der Waals surface area contributed by atoms with E-state index in [1.54, 1.807) is 0 Å². The van der Waals surface area contributed by atoms with Gasteiger partial charge in [-0.25, -0.2) is 0 Å². The van der Waals surface area contributed by atoms with Crippen LogP contribution in [0.4, 0.5) is 0 Å². The molecule has 0 N–H and O–H groups in total. The molecule has 0 aromatic carbocycles. The molecule has 0 aliphatic carbocycles.